The Morgan fingerprint density at radius 1 is 1.37 bits per heavy atom. The maximum Gasteiger partial charge on any atom is 0.243 e. The largest absolute Gasteiger partial charge is 0.273 e. The van der Waals surface area contributed by atoms with E-state index in [1.165, 1.54) is 11.0 Å². The summed E-state index contributed by atoms with van der Waals surface area (Å²) in [6, 6.07) is 7.41. The molecule has 0 radical (unpaired) electrons. The number of aromatic nitrogens is 2. The van der Waals surface area contributed by atoms with Gasteiger partial charge in [0, 0.05) is 0 Å². The maximum atomic E-state index is 12.0. The van der Waals surface area contributed by atoms with Crippen LogP contribution in [0.1, 0.15) is 6.42 Å². The van der Waals surface area contributed by atoms with E-state index in [9.17, 15) is 13.2 Å². The van der Waals surface area contributed by atoms with Crippen LogP contribution in [0.15, 0.2) is 30.6 Å². The van der Waals surface area contributed by atoms with E-state index in [4.69, 9.17) is 0 Å². The van der Waals surface area contributed by atoms with E-state index in [2.05, 4.69) is 10.4 Å². The number of nitrogens with zero attached hydrogens (tertiary/aromatic N) is 2. The number of fused-ring (bicyclic) bond motifs is 1. The van der Waals surface area contributed by atoms with Crippen molar-refractivity contribution in [2.24, 2.45) is 5.92 Å². The molecule has 0 saturated carbocycles. The highest BCUT2D eigenvalue weighted by molar-refractivity contribution is 7.91. The monoisotopic (exact) mass is 279 g/mol. The number of hydrogen-bond donors (Lipinski definition) is 1. The molecule has 2 heterocycles. The number of para-hydroxylation sites is 2. The molecule has 0 spiro atoms. The fourth-order valence-electron chi connectivity index (χ4n) is 2.26. The van der Waals surface area contributed by atoms with Gasteiger partial charge >= 0.3 is 0 Å². The predicted octanol–water partition coefficient (Wildman–Crippen LogP) is 0.541. The number of carbonyl (C=O) groups is 1. The zero-order valence-electron chi connectivity index (χ0n) is 10.1. The minimum absolute atomic E-state index is 0.0640. The minimum atomic E-state index is -3.05. The summed E-state index contributed by atoms with van der Waals surface area (Å²) in [6.45, 7) is 0. The van der Waals surface area contributed by atoms with Crippen LogP contribution in [-0.2, 0) is 14.6 Å². The van der Waals surface area contributed by atoms with E-state index in [0.29, 0.717) is 6.42 Å². The van der Waals surface area contributed by atoms with Gasteiger partial charge in [0.25, 0.3) is 0 Å². The van der Waals surface area contributed by atoms with Gasteiger partial charge in [-0.25, -0.2) is 18.1 Å². The molecule has 1 aliphatic rings. The number of benzene rings is 1. The number of amides is 1. The summed E-state index contributed by atoms with van der Waals surface area (Å²) >= 11 is 0. The summed E-state index contributed by atoms with van der Waals surface area (Å²) in [5.41, 5.74) is 4.26. The zero-order valence-corrected chi connectivity index (χ0v) is 10.9. The standard InChI is InChI=1S/C12H13N3O3S/c16-12(9-5-6-19(17,18)7-9)14-15-8-13-10-3-1-2-4-11(10)15/h1-4,8-9H,5-7H2,(H,14,16). The lowest BCUT2D eigenvalue weighted by Gasteiger charge is -2.10. The van der Waals surface area contributed by atoms with Crippen LogP contribution < -0.4 is 5.43 Å². The summed E-state index contributed by atoms with van der Waals surface area (Å²) in [4.78, 5) is 16.2. The summed E-state index contributed by atoms with van der Waals surface area (Å²) < 4.78 is 24.3. The quantitative estimate of drug-likeness (QED) is 0.870. The Hall–Kier alpha value is -1.89. The summed E-state index contributed by atoms with van der Waals surface area (Å²) in [7, 11) is -3.05. The van der Waals surface area contributed by atoms with E-state index in [0.717, 1.165) is 11.0 Å². The molecular formula is C12H13N3O3S. The molecule has 1 aromatic heterocycles. The topological polar surface area (TPSA) is 81.1 Å². The van der Waals surface area contributed by atoms with Crippen LogP contribution in [0.4, 0.5) is 0 Å². The van der Waals surface area contributed by atoms with Gasteiger partial charge in [0.05, 0.1) is 28.5 Å². The predicted molar refractivity (Wildman–Crippen MR) is 70.9 cm³/mol. The van der Waals surface area contributed by atoms with E-state index in [1.54, 1.807) is 0 Å². The van der Waals surface area contributed by atoms with Crippen molar-refractivity contribution in [1.29, 1.82) is 0 Å². The Morgan fingerprint density at radius 3 is 2.89 bits per heavy atom. The Labute approximate surface area is 110 Å². The molecule has 1 fully saturated rings. The molecule has 2 aromatic rings. The summed E-state index contributed by atoms with van der Waals surface area (Å²) in [6.07, 6.45) is 1.91. The van der Waals surface area contributed by atoms with Gasteiger partial charge < -0.3 is 0 Å². The second-order valence-electron chi connectivity index (χ2n) is 4.68. The summed E-state index contributed by atoms with van der Waals surface area (Å²) in [5.74, 6) is -0.711. The second-order valence-corrected chi connectivity index (χ2v) is 6.91. The molecule has 3 rings (SSSR count). The van der Waals surface area contributed by atoms with Crippen molar-refractivity contribution in [3.8, 4) is 0 Å². The molecule has 19 heavy (non-hydrogen) atoms. The van der Waals surface area contributed by atoms with Gasteiger partial charge in [-0.15, -0.1) is 0 Å². The van der Waals surface area contributed by atoms with E-state index >= 15 is 0 Å². The van der Waals surface area contributed by atoms with E-state index in [1.807, 2.05) is 24.3 Å². The van der Waals surface area contributed by atoms with Crippen LogP contribution in [0.3, 0.4) is 0 Å². The minimum Gasteiger partial charge on any atom is -0.273 e. The van der Waals surface area contributed by atoms with Crippen LogP contribution in [0.2, 0.25) is 0 Å². The van der Waals surface area contributed by atoms with Gasteiger partial charge in [0.1, 0.15) is 6.33 Å². The SMILES string of the molecule is O=C(Nn1cnc2ccccc21)C1CCS(=O)(=O)C1. The third kappa shape index (κ3) is 2.33. The molecule has 1 unspecified atom stereocenters. The lowest BCUT2D eigenvalue weighted by atomic mass is 10.1. The average molecular weight is 279 g/mol. The molecule has 100 valence electrons. The first-order valence-electron chi connectivity index (χ1n) is 5.98. The molecule has 0 bridgehead atoms. The van der Waals surface area contributed by atoms with Gasteiger partial charge in [0.2, 0.25) is 5.91 Å². The van der Waals surface area contributed by atoms with Crippen molar-refractivity contribution in [2.75, 3.05) is 16.9 Å². The third-order valence-corrected chi connectivity index (χ3v) is 5.06. The molecule has 1 N–H and O–H groups in total. The number of rotatable bonds is 2. The number of imidazole rings is 1. The van der Waals surface area contributed by atoms with E-state index < -0.39 is 15.8 Å². The first-order valence-corrected chi connectivity index (χ1v) is 7.81. The normalized spacial score (nSPS) is 21.6. The number of sulfone groups is 1. The van der Waals surface area contributed by atoms with Crippen molar-refractivity contribution in [3.05, 3.63) is 30.6 Å². The molecule has 1 saturated heterocycles. The first-order chi connectivity index (χ1) is 9.05. The Balaban J connectivity index is 1.80. The van der Waals surface area contributed by atoms with Gasteiger partial charge in [-0.2, -0.15) is 0 Å². The molecule has 1 aliphatic heterocycles. The zero-order chi connectivity index (χ0) is 13.5. The van der Waals surface area contributed by atoms with E-state index in [-0.39, 0.29) is 17.4 Å². The highest BCUT2D eigenvalue weighted by Gasteiger charge is 2.33. The van der Waals surface area contributed by atoms with Crippen LogP contribution in [0.25, 0.3) is 11.0 Å². The molecular weight excluding hydrogens is 266 g/mol. The van der Waals surface area contributed by atoms with Gasteiger partial charge in [0.15, 0.2) is 9.84 Å². The van der Waals surface area contributed by atoms with Crippen LogP contribution >= 0.6 is 0 Å². The lowest BCUT2D eigenvalue weighted by Crippen LogP contribution is -2.29. The smallest absolute Gasteiger partial charge is 0.243 e. The van der Waals surface area contributed by atoms with Crippen molar-refractivity contribution in [3.63, 3.8) is 0 Å². The van der Waals surface area contributed by atoms with Gasteiger partial charge in [-0.3, -0.25) is 10.2 Å². The number of nitrogens with one attached hydrogen (secondary N) is 1. The fraction of sp³-hybridized carbons (Fsp3) is 0.333. The highest BCUT2D eigenvalue weighted by atomic mass is 32.2. The fourth-order valence-corrected chi connectivity index (χ4v) is 4.00. The molecule has 0 aliphatic carbocycles. The number of carbonyl (C=O) groups excluding carboxylic acids is 1. The van der Waals surface area contributed by atoms with Crippen LogP contribution in [0.5, 0.6) is 0 Å². The highest BCUT2D eigenvalue weighted by Crippen LogP contribution is 2.19. The summed E-state index contributed by atoms with van der Waals surface area (Å²) in [5, 5.41) is 0. The molecule has 7 heteroatoms. The maximum absolute atomic E-state index is 12.0. The Bertz CT molecular complexity index is 736. The first kappa shape index (κ1) is 12.2. The number of hydrogen-bond acceptors (Lipinski definition) is 4. The average Bonchev–Trinajstić information content (AvgIpc) is 2.94. The second kappa shape index (κ2) is 4.34. The van der Waals surface area contributed by atoms with Crippen molar-refractivity contribution in [2.45, 2.75) is 6.42 Å². The molecule has 1 amide bonds. The van der Waals surface area contributed by atoms with Gasteiger partial charge in [-0.05, 0) is 18.6 Å². The van der Waals surface area contributed by atoms with Crippen molar-refractivity contribution < 1.29 is 13.2 Å². The van der Waals surface area contributed by atoms with Crippen LogP contribution in [0, 0.1) is 5.92 Å². The lowest BCUT2D eigenvalue weighted by molar-refractivity contribution is -0.120. The Morgan fingerprint density at radius 2 is 2.16 bits per heavy atom. The Kier molecular flexibility index (Phi) is 2.78. The third-order valence-electron chi connectivity index (χ3n) is 3.29. The van der Waals surface area contributed by atoms with Gasteiger partial charge in [-0.1, -0.05) is 12.1 Å². The molecule has 1 aromatic carbocycles. The van der Waals surface area contributed by atoms with Crippen molar-refractivity contribution in [1.82, 2.24) is 9.66 Å². The molecule has 1 atom stereocenters. The molecule has 6 nitrogen and oxygen atoms in total. The van der Waals surface area contributed by atoms with Crippen LogP contribution in [-0.4, -0.2) is 35.5 Å². The van der Waals surface area contributed by atoms with Crippen molar-refractivity contribution >= 4 is 26.8 Å².